The first kappa shape index (κ1) is 26.3. The van der Waals surface area contributed by atoms with Crippen molar-refractivity contribution in [2.75, 3.05) is 34.0 Å². The number of aromatic amines is 1. The van der Waals surface area contributed by atoms with Crippen LogP contribution < -0.4 is 11.2 Å². The number of hydroxylamine groups is 2. The Morgan fingerprint density at radius 1 is 1.21 bits per heavy atom. The first-order chi connectivity index (χ1) is 15.4. The molecule has 3 rings (SSSR count). The van der Waals surface area contributed by atoms with Gasteiger partial charge in [-0.2, -0.15) is 5.06 Å². The number of methoxy groups -OCH3 is 1. The van der Waals surface area contributed by atoms with Gasteiger partial charge in [0.05, 0.1) is 6.61 Å². The molecule has 33 heavy (non-hydrogen) atoms. The summed E-state index contributed by atoms with van der Waals surface area (Å²) < 4.78 is 25.7. The number of H-pyrrole nitrogens is 1. The molecule has 0 aliphatic carbocycles. The van der Waals surface area contributed by atoms with E-state index >= 15 is 0 Å². The second kappa shape index (κ2) is 10.5. The van der Waals surface area contributed by atoms with E-state index in [-0.39, 0.29) is 17.7 Å². The van der Waals surface area contributed by atoms with Gasteiger partial charge in [-0.25, -0.2) is 4.79 Å². The summed E-state index contributed by atoms with van der Waals surface area (Å²) in [7, 11) is 1.30. The third-order valence-corrected chi connectivity index (χ3v) is 11.5. The van der Waals surface area contributed by atoms with Gasteiger partial charge in [0, 0.05) is 45.7 Å². The second-order valence-corrected chi connectivity index (χ2v) is 15.1. The summed E-state index contributed by atoms with van der Waals surface area (Å²) in [5.41, 5.74) is -1.02. The van der Waals surface area contributed by atoms with Gasteiger partial charge in [0.15, 0.2) is 14.5 Å². The van der Waals surface area contributed by atoms with Crippen LogP contribution in [0.5, 0.6) is 0 Å². The maximum Gasteiger partial charge on any atom is 0.330 e. The Kier molecular flexibility index (Phi) is 8.36. The molecule has 0 radical (unpaired) electrons. The summed E-state index contributed by atoms with van der Waals surface area (Å²) in [6.45, 7) is 12.6. The highest BCUT2D eigenvalue weighted by Gasteiger charge is 2.51. The van der Waals surface area contributed by atoms with Crippen LogP contribution in [-0.4, -0.2) is 81.3 Å². The largest absolute Gasteiger partial charge is 0.408 e. The standard InChI is InChI=1S/C22H39N3O7Si/c1-22(2,3)33(6,7)32-18-16(14-30-24(4)15-9-12-29-13-10-15)31-20(19(18)28-5)25-11-8-17(26)23-21(25)27/h8,11,15-16,18-20H,9-10,12-14H2,1-7H3,(H,23,26,27)/t16-,18?,19?,20-/m1/s1. The van der Waals surface area contributed by atoms with Crippen molar-refractivity contribution in [2.45, 2.75) is 82.3 Å². The zero-order valence-electron chi connectivity index (χ0n) is 20.8. The molecule has 2 fully saturated rings. The molecule has 11 heteroatoms. The van der Waals surface area contributed by atoms with Gasteiger partial charge in [-0.05, 0) is 31.0 Å². The molecule has 0 spiro atoms. The second-order valence-electron chi connectivity index (χ2n) is 10.3. The predicted octanol–water partition coefficient (Wildman–Crippen LogP) is 1.88. The minimum atomic E-state index is -2.20. The van der Waals surface area contributed by atoms with Crippen LogP contribution in [0.2, 0.25) is 18.1 Å². The van der Waals surface area contributed by atoms with Crippen molar-refractivity contribution in [3.05, 3.63) is 33.1 Å². The zero-order valence-corrected chi connectivity index (χ0v) is 21.8. The average molecular weight is 486 g/mol. The molecule has 188 valence electrons. The van der Waals surface area contributed by atoms with E-state index in [2.05, 4.69) is 38.8 Å². The number of hydrogen-bond acceptors (Lipinski definition) is 8. The van der Waals surface area contributed by atoms with E-state index in [1.165, 1.54) is 16.8 Å². The van der Waals surface area contributed by atoms with E-state index in [4.69, 9.17) is 23.5 Å². The maximum atomic E-state index is 12.5. The lowest BCUT2D eigenvalue weighted by Gasteiger charge is -2.40. The Morgan fingerprint density at radius 2 is 1.88 bits per heavy atom. The van der Waals surface area contributed by atoms with Crippen molar-refractivity contribution in [3.63, 3.8) is 0 Å². The van der Waals surface area contributed by atoms with Gasteiger partial charge in [-0.1, -0.05) is 20.8 Å². The van der Waals surface area contributed by atoms with Gasteiger partial charge in [0.2, 0.25) is 0 Å². The molecule has 1 aromatic rings. The van der Waals surface area contributed by atoms with Crippen LogP contribution in [0.25, 0.3) is 0 Å². The van der Waals surface area contributed by atoms with Crippen LogP contribution in [-0.2, 0) is 23.5 Å². The van der Waals surface area contributed by atoms with E-state index in [0.29, 0.717) is 0 Å². The van der Waals surface area contributed by atoms with Crippen LogP contribution in [0.4, 0.5) is 0 Å². The molecule has 0 saturated carbocycles. The molecule has 0 bridgehead atoms. The molecule has 10 nitrogen and oxygen atoms in total. The molecule has 2 saturated heterocycles. The van der Waals surface area contributed by atoms with E-state index in [1.807, 2.05) is 12.1 Å². The van der Waals surface area contributed by atoms with E-state index in [9.17, 15) is 9.59 Å². The first-order valence-corrected chi connectivity index (χ1v) is 14.5. The predicted molar refractivity (Wildman–Crippen MR) is 126 cm³/mol. The Balaban J connectivity index is 1.85. The Labute approximate surface area is 196 Å². The lowest BCUT2D eigenvalue weighted by molar-refractivity contribution is -0.209. The quantitative estimate of drug-likeness (QED) is 0.440. The van der Waals surface area contributed by atoms with Crippen molar-refractivity contribution in [3.8, 4) is 0 Å². The normalized spacial score (nSPS) is 27.4. The topological polar surface area (TPSA) is 104 Å². The molecular weight excluding hydrogens is 446 g/mol. The number of rotatable bonds is 8. The van der Waals surface area contributed by atoms with Crippen LogP contribution in [0.1, 0.15) is 39.8 Å². The number of nitrogens with one attached hydrogen (secondary N) is 1. The SMILES string of the molecule is COC1C(O[Si](C)(C)C(C)(C)C)[C@@H](CON(C)C2CCOCC2)O[C@H]1n1ccc(=O)[nH]c1=O. The molecule has 2 unspecified atom stereocenters. The lowest BCUT2D eigenvalue weighted by atomic mass is 10.1. The average Bonchev–Trinajstić information content (AvgIpc) is 3.08. The van der Waals surface area contributed by atoms with Crippen molar-refractivity contribution in [1.82, 2.24) is 14.6 Å². The fourth-order valence-electron chi connectivity index (χ4n) is 3.95. The number of nitrogens with zero attached hydrogens (tertiary/aromatic N) is 2. The fraction of sp³-hybridized carbons (Fsp3) is 0.818. The van der Waals surface area contributed by atoms with Crippen LogP contribution in [0.15, 0.2) is 21.9 Å². The third kappa shape index (κ3) is 6.02. The van der Waals surface area contributed by atoms with Gasteiger partial charge in [-0.3, -0.25) is 19.2 Å². The van der Waals surface area contributed by atoms with Crippen molar-refractivity contribution < 1.29 is 23.5 Å². The molecule has 4 atom stereocenters. The van der Waals surface area contributed by atoms with Crippen molar-refractivity contribution >= 4 is 8.32 Å². The minimum absolute atomic E-state index is 0.0253. The fourth-order valence-corrected chi connectivity index (χ4v) is 5.27. The Morgan fingerprint density at radius 3 is 2.45 bits per heavy atom. The van der Waals surface area contributed by atoms with Crippen LogP contribution in [0, 0.1) is 0 Å². The summed E-state index contributed by atoms with van der Waals surface area (Å²) in [6.07, 6.45) is 1.03. The highest BCUT2D eigenvalue weighted by molar-refractivity contribution is 6.74. The van der Waals surface area contributed by atoms with E-state index in [0.717, 1.165) is 26.1 Å². The number of ether oxygens (including phenoxy) is 3. The Hall–Kier alpha value is -1.34. The smallest absolute Gasteiger partial charge is 0.330 e. The summed E-state index contributed by atoms with van der Waals surface area (Å²) in [4.78, 5) is 32.5. The zero-order chi connectivity index (χ0) is 24.4. The van der Waals surface area contributed by atoms with Gasteiger partial charge >= 0.3 is 5.69 Å². The first-order valence-electron chi connectivity index (χ1n) is 11.6. The van der Waals surface area contributed by atoms with Crippen molar-refractivity contribution in [2.24, 2.45) is 0 Å². The summed E-state index contributed by atoms with van der Waals surface area (Å²) in [5.74, 6) is 0. The summed E-state index contributed by atoms with van der Waals surface area (Å²) in [6, 6.07) is 1.57. The third-order valence-electron chi connectivity index (χ3n) is 7.07. The van der Waals surface area contributed by atoms with E-state index < -0.39 is 44.1 Å². The van der Waals surface area contributed by atoms with Crippen LogP contribution >= 0.6 is 0 Å². The van der Waals surface area contributed by atoms with Gasteiger partial charge in [0.1, 0.15) is 18.3 Å². The number of hydrogen-bond donors (Lipinski definition) is 1. The van der Waals surface area contributed by atoms with Gasteiger partial charge in [0.25, 0.3) is 5.56 Å². The van der Waals surface area contributed by atoms with Crippen molar-refractivity contribution in [1.29, 1.82) is 0 Å². The maximum absolute atomic E-state index is 12.5. The lowest BCUT2D eigenvalue weighted by Crippen LogP contribution is -2.51. The summed E-state index contributed by atoms with van der Waals surface area (Å²) >= 11 is 0. The highest BCUT2D eigenvalue weighted by Crippen LogP contribution is 2.41. The van der Waals surface area contributed by atoms with Crippen LogP contribution in [0.3, 0.4) is 0 Å². The van der Waals surface area contributed by atoms with Gasteiger partial charge in [-0.15, -0.1) is 0 Å². The minimum Gasteiger partial charge on any atom is -0.408 e. The molecule has 0 aromatic carbocycles. The molecule has 1 N–H and O–H groups in total. The molecular formula is C22H39N3O7Si. The molecule has 3 heterocycles. The molecule has 1 aromatic heterocycles. The molecule has 2 aliphatic heterocycles. The van der Waals surface area contributed by atoms with Gasteiger partial charge < -0.3 is 18.6 Å². The number of aromatic nitrogens is 2. The molecule has 2 aliphatic rings. The Bertz CT molecular complexity index is 891. The van der Waals surface area contributed by atoms with E-state index in [1.54, 1.807) is 7.11 Å². The molecule has 0 amide bonds. The highest BCUT2D eigenvalue weighted by atomic mass is 28.4. The summed E-state index contributed by atoms with van der Waals surface area (Å²) in [5, 5.41) is 1.85. The monoisotopic (exact) mass is 485 g/mol.